The summed E-state index contributed by atoms with van der Waals surface area (Å²) in [7, 11) is 1.45. The molecule has 2 aromatic rings. The van der Waals surface area contributed by atoms with E-state index in [0.29, 0.717) is 10.4 Å². The number of alkyl halides is 3. The number of carbonyl (C=O) groups is 1. The number of aromatic nitrogens is 2. The zero-order chi connectivity index (χ0) is 18.8. The molecule has 0 radical (unpaired) electrons. The maximum absolute atomic E-state index is 13.5. The fraction of sp³-hybridized carbons (Fsp3) is 0.375. The zero-order valence-electron chi connectivity index (χ0n) is 14.1. The lowest BCUT2D eigenvalue weighted by Crippen LogP contribution is -2.28. The van der Waals surface area contributed by atoms with Crippen LogP contribution in [0.15, 0.2) is 30.5 Å². The number of halogens is 3. The zero-order valence-corrected chi connectivity index (χ0v) is 14.1. The second-order valence-electron chi connectivity index (χ2n) is 6.14. The van der Waals surface area contributed by atoms with E-state index in [4.69, 9.17) is 9.47 Å². The second-order valence-corrected chi connectivity index (χ2v) is 6.14. The number of rotatable bonds is 3. The Labute approximate surface area is 142 Å². The first-order chi connectivity index (χ1) is 11.5. The summed E-state index contributed by atoms with van der Waals surface area (Å²) in [6.45, 7) is 4.83. The van der Waals surface area contributed by atoms with Crippen LogP contribution in [0, 0.1) is 0 Å². The van der Waals surface area contributed by atoms with Crippen molar-refractivity contribution < 1.29 is 27.4 Å². The number of benzene rings is 1. The number of nitrogens with one attached hydrogen (secondary N) is 1. The lowest BCUT2D eigenvalue weighted by molar-refractivity contribution is -0.142. The molecule has 0 aliphatic rings. The molecule has 1 amide bonds. The summed E-state index contributed by atoms with van der Waals surface area (Å²) >= 11 is 0. The van der Waals surface area contributed by atoms with Crippen LogP contribution in [0.2, 0.25) is 0 Å². The lowest BCUT2D eigenvalue weighted by Gasteiger charge is -2.20. The molecular formula is C16H18F3N3O3. The highest BCUT2D eigenvalue weighted by atomic mass is 19.4. The number of nitrogens with zero attached hydrogens (tertiary/aromatic N) is 2. The summed E-state index contributed by atoms with van der Waals surface area (Å²) in [6.07, 6.45) is -4.80. The molecule has 2 rings (SSSR count). The summed E-state index contributed by atoms with van der Waals surface area (Å²) in [4.78, 5) is 11.8. The third kappa shape index (κ3) is 4.65. The molecular weight excluding hydrogens is 339 g/mol. The van der Waals surface area contributed by atoms with Crippen LogP contribution in [0.1, 0.15) is 26.5 Å². The largest absolute Gasteiger partial charge is 0.497 e. The van der Waals surface area contributed by atoms with Crippen molar-refractivity contribution in [3.8, 4) is 11.4 Å². The average Bonchev–Trinajstić information content (AvgIpc) is 2.89. The molecule has 0 saturated carbocycles. The van der Waals surface area contributed by atoms with E-state index in [1.54, 1.807) is 20.8 Å². The van der Waals surface area contributed by atoms with Crippen LogP contribution in [0.4, 0.5) is 23.7 Å². The van der Waals surface area contributed by atoms with Crippen LogP contribution >= 0.6 is 0 Å². The van der Waals surface area contributed by atoms with Crippen LogP contribution < -0.4 is 10.1 Å². The Balaban J connectivity index is 2.39. The van der Waals surface area contributed by atoms with Gasteiger partial charge < -0.3 is 9.47 Å². The van der Waals surface area contributed by atoms with Crippen molar-refractivity contribution in [3.05, 3.63) is 36.2 Å². The van der Waals surface area contributed by atoms with Gasteiger partial charge in [0.1, 0.15) is 11.4 Å². The summed E-state index contributed by atoms with van der Waals surface area (Å²) < 4.78 is 51.1. The van der Waals surface area contributed by atoms with Gasteiger partial charge in [-0.3, -0.25) is 5.32 Å². The van der Waals surface area contributed by atoms with Gasteiger partial charge in [-0.2, -0.15) is 18.3 Å². The molecule has 0 fully saturated rings. The number of hydrogen-bond acceptors (Lipinski definition) is 4. The third-order valence-electron chi connectivity index (χ3n) is 2.99. The predicted molar refractivity (Wildman–Crippen MR) is 85.0 cm³/mol. The molecule has 0 saturated heterocycles. The van der Waals surface area contributed by atoms with Crippen LogP contribution in [-0.4, -0.2) is 28.6 Å². The number of anilines is 1. The standard InChI is InChI=1S/C16H18F3N3O3/c1-15(2,3)25-14(23)21-12-9-20-22(13(12)16(17,18)19)10-5-7-11(24-4)8-6-10/h5-9H,1-4H3,(H,21,23). The summed E-state index contributed by atoms with van der Waals surface area (Å²) in [5.74, 6) is 0.497. The smallest absolute Gasteiger partial charge is 0.435 e. The Morgan fingerprint density at radius 3 is 2.24 bits per heavy atom. The SMILES string of the molecule is COc1ccc(-n2ncc(NC(=O)OC(C)(C)C)c2C(F)(F)F)cc1. The molecule has 1 N–H and O–H groups in total. The molecule has 9 heteroatoms. The van der Waals surface area contributed by atoms with Gasteiger partial charge in [-0.1, -0.05) is 0 Å². The highest BCUT2D eigenvalue weighted by Gasteiger charge is 2.39. The van der Waals surface area contributed by atoms with E-state index >= 15 is 0 Å². The second kappa shape index (κ2) is 6.66. The van der Waals surface area contributed by atoms with Gasteiger partial charge in [0.25, 0.3) is 0 Å². The van der Waals surface area contributed by atoms with Crippen molar-refractivity contribution in [2.45, 2.75) is 32.5 Å². The molecule has 0 unspecified atom stereocenters. The van der Waals surface area contributed by atoms with E-state index in [2.05, 4.69) is 10.4 Å². The van der Waals surface area contributed by atoms with Crippen molar-refractivity contribution in [2.24, 2.45) is 0 Å². The molecule has 6 nitrogen and oxygen atoms in total. The van der Waals surface area contributed by atoms with E-state index < -0.39 is 29.3 Å². The molecule has 25 heavy (non-hydrogen) atoms. The summed E-state index contributed by atoms with van der Waals surface area (Å²) in [5, 5.41) is 5.84. The number of amides is 1. The van der Waals surface area contributed by atoms with Gasteiger partial charge >= 0.3 is 12.3 Å². The fourth-order valence-corrected chi connectivity index (χ4v) is 2.05. The molecule has 0 aliphatic carbocycles. The molecule has 1 heterocycles. The van der Waals surface area contributed by atoms with Gasteiger partial charge in [-0.25, -0.2) is 9.48 Å². The van der Waals surface area contributed by atoms with E-state index in [0.717, 1.165) is 6.20 Å². The molecule has 0 spiro atoms. The van der Waals surface area contributed by atoms with Gasteiger partial charge in [0.05, 0.1) is 24.7 Å². The average molecular weight is 357 g/mol. The van der Waals surface area contributed by atoms with Crippen molar-refractivity contribution >= 4 is 11.8 Å². The number of carbonyl (C=O) groups excluding carboxylic acids is 1. The summed E-state index contributed by atoms with van der Waals surface area (Å²) in [5.41, 5.74) is -2.26. The molecule has 0 bridgehead atoms. The molecule has 0 atom stereocenters. The highest BCUT2D eigenvalue weighted by Crippen LogP contribution is 2.36. The minimum Gasteiger partial charge on any atom is -0.497 e. The van der Waals surface area contributed by atoms with Gasteiger partial charge in [-0.15, -0.1) is 0 Å². The first kappa shape index (κ1) is 18.6. The molecule has 0 aliphatic heterocycles. The topological polar surface area (TPSA) is 65.4 Å². The lowest BCUT2D eigenvalue weighted by atomic mass is 10.2. The van der Waals surface area contributed by atoms with E-state index in [1.807, 2.05) is 0 Å². The third-order valence-corrected chi connectivity index (χ3v) is 2.99. The monoisotopic (exact) mass is 357 g/mol. The first-order valence-corrected chi connectivity index (χ1v) is 7.31. The minimum atomic E-state index is -4.74. The van der Waals surface area contributed by atoms with Gasteiger partial charge in [0.15, 0.2) is 5.69 Å². The van der Waals surface area contributed by atoms with E-state index in [-0.39, 0.29) is 5.69 Å². The Kier molecular flexibility index (Phi) is 4.96. The van der Waals surface area contributed by atoms with Gasteiger partial charge in [-0.05, 0) is 45.0 Å². The normalized spacial score (nSPS) is 12.0. The van der Waals surface area contributed by atoms with Crippen molar-refractivity contribution in [1.82, 2.24) is 9.78 Å². The highest BCUT2D eigenvalue weighted by molar-refractivity contribution is 5.85. The van der Waals surface area contributed by atoms with Crippen molar-refractivity contribution in [1.29, 1.82) is 0 Å². The molecule has 1 aromatic heterocycles. The van der Waals surface area contributed by atoms with Crippen LogP contribution in [0.25, 0.3) is 5.69 Å². The van der Waals surface area contributed by atoms with E-state index in [9.17, 15) is 18.0 Å². The van der Waals surface area contributed by atoms with Gasteiger partial charge in [0, 0.05) is 0 Å². The van der Waals surface area contributed by atoms with Crippen molar-refractivity contribution in [3.63, 3.8) is 0 Å². The van der Waals surface area contributed by atoms with Crippen LogP contribution in [0.3, 0.4) is 0 Å². The number of ether oxygens (including phenoxy) is 2. The van der Waals surface area contributed by atoms with Crippen LogP contribution in [0.5, 0.6) is 5.75 Å². The van der Waals surface area contributed by atoms with Crippen LogP contribution in [-0.2, 0) is 10.9 Å². The molecule has 1 aromatic carbocycles. The van der Waals surface area contributed by atoms with Crippen molar-refractivity contribution in [2.75, 3.05) is 12.4 Å². The minimum absolute atomic E-state index is 0.172. The summed E-state index contributed by atoms with van der Waals surface area (Å²) in [6, 6.07) is 5.88. The Morgan fingerprint density at radius 2 is 1.76 bits per heavy atom. The quantitative estimate of drug-likeness (QED) is 0.892. The fourth-order valence-electron chi connectivity index (χ4n) is 2.05. The maximum atomic E-state index is 13.5. The number of methoxy groups -OCH3 is 1. The Bertz CT molecular complexity index is 747. The Morgan fingerprint density at radius 1 is 1.16 bits per heavy atom. The first-order valence-electron chi connectivity index (χ1n) is 7.31. The van der Waals surface area contributed by atoms with Gasteiger partial charge in [0.2, 0.25) is 0 Å². The Hall–Kier alpha value is -2.71. The molecule has 136 valence electrons. The predicted octanol–water partition coefficient (Wildman–Crippen LogP) is 4.25. The van der Waals surface area contributed by atoms with E-state index in [1.165, 1.54) is 31.4 Å². The maximum Gasteiger partial charge on any atom is 0.435 e. The number of hydrogen-bond donors (Lipinski definition) is 1.